The van der Waals surface area contributed by atoms with Crippen molar-refractivity contribution in [1.82, 2.24) is 14.8 Å². The van der Waals surface area contributed by atoms with Crippen LogP contribution in [0.4, 0.5) is 4.79 Å². The summed E-state index contributed by atoms with van der Waals surface area (Å²) in [6.45, 7) is 4.07. The maximum absolute atomic E-state index is 12.2. The van der Waals surface area contributed by atoms with Crippen molar-refractivity contribution in [3.8, 4) is 0 Å². The van der Waals surface area contributed by atoms with E-state index in [4.69, 9.17) is 4.74 Å². The molecule has 1 aromatic rings. The smallest absolute Gasteiger partial charge is 0.410 e. The summed E-state index contributed by atoms with van der Waals surface area (Å²) in [6, 6.07) is 2.01. The molecule has 0 bridgehead atoms. The molecule has 19 heavy (non-hydrogen) atoms. The first kappa shape index (κ1) is 12.0. The molecule has 3 rings (SSSR count). The van der Waals surface area contributed by atoms with Crippen LogP contribution in [-0.2, 0) is 22.6 Å². The molecule has 0 N–H and O–H groups in total. The van der Waals surface area contributed by atoms with Crippen molar-refractivity contribution in [2.75, 3.05) is 19.7 Å². The highest BCUT2D eigenvalue weighted by Crippen LogP contribution is 2.22. The quantitative estimate of drug-likeness (QED) is 0.785. The molecule has 6 heteroatoms. The Morgan fingerprint density at radius 2 is 2.21 bits per heavy atom. The van der Waals surface area contributed by atoms with Gasteiger partial charge in [0, 0.05) is 25.0 Å². The Balaban J connectivity index is 1.65. The Bertz CT molecular complexity index is 544. The summed E-state index contributed by atoms with van der Waals surface area (Å²) in [7, 11) is 0. The van der Waals surface area contributed by atoms with Crippen LogP contribution in [0.3, 0.4) is 0 Å². The second kappa shape index (κ2) is 4.53. The van der Waals surface area contributed by atoms with Crippen molar-refractivity contribution >= 4 is 12.0 Å². The standard InChI is InChI=1S/C13H15N3O3/c1-9-4-10-6-16(7-11(10)5-14-9)12(17)8-15-2-3-19-13(15)18/h4-5H,2-3,6-8H2,1H3. The van der Waals surface area contributed by atoms with Crippen LogP contribution in [0.1, 0.15) is 16.8 Å². The largest absolute Gasteiger partial charge is 0.448 e. The first-order valence-corrected chi connectivity index (χ1v) is 6.27. The van der Waals surface area contributed by atoms with Gasteiger partial charge in [0.2, 0.25) is 5.91 Å². The zero-order chi connectivity index (χ0) is 13.4. The Morgan fingerprint density at radius 3 is 2.95 bits per heavy atom. The fourth-order valence-corrected chi connectivity index (χ4v) is 2.41. The minimum absolute atomic E-state index is 0.0484. The summed E-state index contributed by atoms with van der Waals surface area (Å²) in [4.78, 5) is 30.9. The molecular weight excluding hydrogens is 246 g/mol. The highest BCUT2D eigenvalue weighted by molar-refractivity contribution is 5.83. The van der Waals surface area contributed by atoms with Gasteiger partial charge in [-0.3, -0.25) is 14.7 Å². The summed E-state index contributed by atoms with van der Waals surface area (Å²) in [5.41, 5.74) is 3.18. The van der Waals surface area contributed by atoms with Crippen molar-refractivity contribution in [2.45, 2.75) is 20.0 Å². The number of amides is 2. The minimum Gasteiger partial charge on any atom is -0.448 e. The molecule has 6 nitrogen and oxygen atoms in total. The van der Waals surface area contributed by atoms with Crippen molar-refractivity contribution in [3.63, 3.8) is 0 Å². The minimum atomic E-state index is -0.400. The molecule has 0 aromatic carbocycles. The van der Waals surface area contributed by atoms with Crippen LogP contribution in [0.25, 0.3) is 0 Å². The molecule has 0 atom stereocenters. The topological polar surface area (TPSA) is 62.7 Å². The molecule has 2 aliphatic rings. The summed E-state index contributed by atoms with van der Waals surface area (Å²) >= 11 is 0. The third kappa shape index (κ3) is 2.25. The zero-order valence-electron chi connectivity index (χ0n) is 10.8. The van der Waals surface area contributed by atoms with Gasteiger partial charge in [-0.1, -0.05) is 0 Å². The first-order chi connectivity index (χ1) is 9.13. The summed E-state index contributed by atoms with van der Waals surface area (Å²) in [5.74, 6) is -0.0484. The first-order valence-electron chi connectivity index (χ1n) is 6.27. The molecule has 0 aliphatic carbocycles. The van der Waals surface area contributed by atoms with Crippen LogP contribution in [0, 0.1) is 6.92 Å². The molecule has 2 amide bonds. The SMILES string of the molecule is Cc1cc2c(cn1)CN(C(=O)CN1CCOC1=O)C2. The van der Waals surface area contributed by atoms with Gasteiger partial charge < -0.3 is 9.64 Å². The van der Waals surface area contributed by atoms with Crippen molar-refractivity contribution in [2.24, 2.45) is 0 Å². The summed E-state index contributed by atoms with van der Waals surface area (Å²) < 4.78 is 4.81. The number of ether oxygens (including phenoxy) is 1. The zero-order valence-corrected chi connectivity index (χ0v) is 10.8. The fraction of sp³-hybridized carbons (Fsp3) is 0.462. The van der Waals surface area contributed by atoms with E-state index < -0.39 is 6.09 Å². The molecule has 0 radical (unpaired) electrons. The lowest BCUT2D eigenvalue weighted by atomic mass is 10.2. The number of carbonyl (C=O) groups is 2. The molecule has 0 saturated carbocycles. The van der Waals surface area contributed by atoms with Gasteiger partial charge in [0.05, 0.1) is 6.54 Å². The third-order valence-electron chi connectivity index (χ3n) is 3.47. The van der Waals surface area contributed by atoms with Crippen LogP contribution in [0.2, 0.25) is 0 Å². The maximum atomic E-state index is 12.2. The van der Waals surface area contributed by atoms with Gasteiger partial charge in [0.15, 0.2) is 0 Å². The van der Waals surface area contributed by atoms with Crippen LogP contribution in [-0.4, -0.2) is 46.5 Å². The maximum Gasteiger partial charge on any atom is 0.410 e. The number of aryl methyl sites for hydroxylation is 1. The Morgan fingerprint density at radius 1 is 1.42 bits per heavy atom. The predicted octanol–water partition coefficient (Wildman–Crippen LogP) is 0.684. The monoisotopic (exact) mass is 261 g/mol. The third-order valence-corrected chi connectivity index (χ3v) is 3.47. The van der Waals surface area contributed by atoms with E-state index in [1.807, 2.05) is 19.2 Å². The number of hydrogen-bond acceptors (Lipinski definition) is 4. The fourth-order valence-electron chi connectivity index (χ4n) is 2.41. The van der Waals surface area contributed by atoms with E-state index in [0.717, 1.165) is 16.8 Å². The van der Waals surface area contributed by atoms with Gasteiger partial charge >= 0.3 is 6.09 Å². The second-order valence-electron chi connectivity index (χ2n) is 4.88. The van der Waals surface area contributed by atoms with E-state index in [-0.39, 0.29) is 12.5 Å². The van der Waals surface area contributed by atoms with Gasteiger partial charge in [-0.2, -0.15) is 0 Å². The lowest BCUT2D eigenvalue weighted by Gasteiger charge is -2.19. The van der Waals surface area contributed by atoms with Crippen molar-refractivity contribution in [1.29, 1.82) is 0 Å². The van der Waals surface area contributed by atoms with E-state index >= 15 is 0 Å². The molecular formula is C13H15N3O3. The highest BCUT2D eigenvalue weighted by atomic mass is 16.6. The normalized spacial score (nSPS) is 17.6. The van der Waals surface area contributed by atoms with Crippen molar-refractivity contribution < 1.29 is 14.3 Å². The van der Waals surface area contributed by atoms with Crippen LogP contribution in [0.15, 0.2) is 12.3 Å². The number of fused-ring (bicyclic) bond motifs is 1. The Labute approximate surface area is 111 Å². The number of carbonyl (C=O) groups excluding carboxylic acids is 2. The van der Waals surface area contributed by atoms with Crippen LogP contribution in [0.5, 0.6) is 0 Å². The van der Waals surface area contributed by atoms with Gasteiger partial charge in [0.25, 0.3) is 0 Å². The molecule has 1 fully saturated rings. The van der Waals surface area contributed by atoms with Gasteiger partial charge in [-0.25, -0.2) is 4.79 Å². The summed E-state index contributed by atoms with van der Waals surface area (Å²) in [5, 5.41) is 0. The lowest BCUT2D eigenvalue weighted by molar-refractivity contribution is -0.132. The predicted molar refractivity (Wildman–Crippen MR) is 66.1 cm³/mol. The number of rotatable bonds is 2. The van der Waals surface area contributed by atoms with E-state index in [0.29, 0.717) is 26.2 Å². The molecule has 0 unspecified atom stereocenters. The van der Waals surface area contributed by atoms with E-state index in [2.05, 4.69) is 4.98 Å². The molecule has 3 heterocycles. The van der Waals surface area contributed by atoms with Crippen LogP contribution >= 0.6 is 0 Å². The number of pyridine rings is 1. The number of nitrogens with zero attached hydrogens (tertiary/aromatic N) is 3. The average Bonchev–Trinajstić information content (AvgIpc) is 2.96. The van der Waals surface area contributed by atoms with Crippen LogP contribution < -0.4 is 0 Å². The molecule has 0 spiro atoms. The van der Waals surface area contributed by atoms with Crippen molar-refractivity contribution in [3.05, 3.63) is 29.1 Å². The highest BCUT2D eigenvalue weighted by Gasteiger charge is 2.29. The molecule has 100 valence electrons. The van der Waals surface area contributed by atoms with Gasteiger partial charge in [-0.15, -0.1) is 0 Å². The molecule has 1 saturated heterocycles. The number of aromatic nitrogens is 1. The Hall–Kier alpha value is -2.11. The lowest BCUT2D eigenvalue weighted by Crippen LogP contribution is -2.38. The number of hydrogen-bond donors (Lipinski definition) is 0. The van der Waals surface area contributed by atoms with E-state index in [1.54, 1.807) is 4.90 Å². The van der Waals surface area contributed by atoms with Gasteiger partial charge in [-0.05, 0) is 24.1 Å². The number of cyclic esters (lactones) is 1. The average molecular weight is 261 g/mol. The van der Waals surface area contributed by atoms with E-state index in [9.17, 15) is 9.59 Å². The van der Waals surface area contributed by atoms with E-state index in [1.165, 1.54) is 4.90 Å². The second-order valence-corrected chi connectivity index (χ2v) is 4.88. The molecule has 1 aromatic heterocycles. The molecule has 2 aliphatic heterocycles. The summed E-state index contributed by atoms with van der Waals surface area (Å²) in [6.07, 6.45) is 1.42. The van der Waals surface area contributed by atoms with Gasteiger partial charge in [0.1, 0.15) is 13.2 Å². The Kier molecular flexibility index (Phi) is 2.85.